The van der Waals surface area contributed by atoms with Gasteiger partial charge in [-0.1, -0.05) is 17.7 Å². The van der Waals surface area contributed by atoms with E-state index in [1.807, 2.05) is 0 Å². The van der Waals surface area contributed by atoms with Crippen molar-refractivity contribution < 1.29 is 17.6 Å². The normalized spacial score (nSPS) is 20.5. The van der Waals surface area contributed by atoms with Gasteiger partial charge in [0, 0.05) is 25.2 Å². The van der Waals surface area contributed by atoms with Crippen molar-refractivity contribution in [3.63, 3.8) is 0 Å². The van der Waals surface area contributed by atoms with E-state index in [4.69, 9.17) is 0 Å². The van der Waals surface area contributed by atoms with Gasteiger partial charge >= 0.3 is 0 Å². The summed E-state index contributed by atoms with van der Waals surface area (Å²) in [5.41, 5.74) is 0.268. The highest BCUT2D eigenvalue weighted by Gasteiger charge is 2.33. The summed E-state index contributed by atoms with van der Waals surface area (Å²) in [6.45, 7) is 0.861. The average molecular weight is 421 g/mol. The molecule has 1 aliphatic heterocycles. The topological polar surface area (TPSA) is 97.2 Å². The van der Waals surface area contributed by atoms with Gasteiger partial charge in [-0.2, -0.15) is 4.31 Å². The number of nitrogens with zero attached hydrogens (tertiary/aromatic N) is 4. The zero-order valence-corrected chi connectivity index (χ0v) is 16.8. The first-order valence-corrected chi connectivity index (χ1v) is 11.4. The molecule has 29 heavy (non-hydrogen) atoms. The Bertz CT molecular complexity index is 989. The Balaban J connectivity index is 1.43. The highest BCUT2D eigenvalue weighted by Crippen LogP contribution is 2.27. The summed E-state index contributed by atoms with van der Waals surface area (Å²) < 4.78 is 42.7. The number of aromatic nitrogens is 3. The number of sulfonamides is 1. The lowest BCUT2D eigenvalue weighted by atomic mass is 10.0. The van der Waals surface area contributed by atoms with E-state index in [9.17, 15) is 17.6 Å². The van der Waals surface area contributed by atoms with Crippen LogP contribution in [0.5, 0.6) is 0 Å². The fourth-order valence-electron chi connectivity index (χ4n) is 3.62. The third kappa shape index (κ3) is 4.64. The smallest absolute Gasteiger partial charge is 0.273 e. The SMILES string of the molecule is O=C(NC1CC1)c1cn(CCC2CCCCN2S(=O)(=O)c2cccc(F)c2)nn1. The number of amides is 1. The summed E-state index contributed by atoms with van der Waals surface area (Å²) in [6.07, 6.45) is 6.58. The molecule has 0 bridgehead atoms. The van der Waals surface area contributed by atoms with E-state index in [0.29, 0.717) is 19.5 Å². The summed E-state index contributed by atoms with van der Waals surface area (Å²) in [4.78, 5) is 12.0. The number of benzene rings is 1. The molecule has 4 rings (SSSR count). The first-order valence-electron chi connectivity index (χ1n) is 9.92. The molecule has 1 aliphatic carbocycles. The quantitative estimate of drug-likeness (QED) is 0.737. The highest BCUT2D eigenvalue weighted by molar-refractivity contribution is 7.89. The Morgan fingerprint density at radius 3 is 2.83 bits per heavy atom. The molecule has 1 saturated heterocycles. The monoisotopic (exact) mass is 421 g/mol. The summed E-state index contributed by atoms with van der Waals surface area (Å²) in [5.74, 6) is -0.800. The van der Waals surface area contributed by atoms with Gasteiger partial charge < -0.3 is 5.32 Å². The van der Waals surface area contributed by atoms with Crippen LogP contribution in [-0.2, 0) is 16.6 Å². The lowest BCUT2D eigenvalue weighted by Gasteiger charge is -2.34. The van der Waals surface area contributed by atoms with E-state index in [-0.39, 0.29) is 28.6 Å². The number of piperidine rings is 1. The van der Waals surface area contributed by atoms with Crippen LogP contribution < -0.4 is 5.32 Å². The molecule has 0 spiro atoms. The van der Waals surface area contributed by atoms with Crippen molar-refractivity contribution in [2.24, 2.45) is 0 Å². The Labute approximate surface area is 169 Å². The number of rotatable bonds is 7. The van der Waals surface area contributed by atoms with E-state index in [1.165, 1.54) is 22.5 Å². The Hall–Kier alpha value is -2.33. The van der Waals surface area contributed by atoms with E-state index in [2.05, 4.69) is 15.6 Å². The maximum atomic E-state index is 13.5. The minimum Gasteiger partial charge on any atom is -0.348 e. The van der Waals surface area contributed by atoms with E-state index >= 15 is 0 Å². The third-order valence-corrected chi connectivity index (χ3v) is 7.30. The first kappa shape index (κ1) is 20.0. The van der Waals surface area contributed by atoms with Gasteiger partial charge in [-0.05, 0) is 50.3 Å². The van der Waals surface area contributed by atoms with Crippen molar-refractivity contribution in [1.82, 2.24) is 24.6 Å². The molecule has 1 aromatic heterocycles. The number of halogens is 1. The fourth-order valence-corrected chi connectivity index (χ4v) is 5.38. The molecule has 1 saturated carbocycles. The zero-order chi connectivity index (χ0) is 20.4. The maximum Gasteiger partial charge on any atom is 0.273 e. The van der Waals surface area contributed by atoms with E-state index in [1.54, 1.807) is 10.9 Å². The average Bonchev–Trinajstić information content (AvgIpc) is 3.39. The van der Waals surface area contributed by atoms with Crippen LogP contribution in [0.4, 0.5) is 4.39 Å². The number of hydrogen-bond acceptors (Lipinski definition) is 5. The van der Waals surface area contributed by atoms with Crippen molar-refractivity contribution in [2.45, 2.75) is 62.0 Å². The fraction of sp³-hybridized carbons (Fsp3) is 0.526. The van der Waals surface area contributed by atoms with Gasteiger partial charge in [0.2, 0.25) is 10.0 Å². The molecular weight excluding hydrogens is 397 g/mol. The number of hydrogen-bond donors (Lipinski definition) is 1. The Kier molecular flexibility index (Phi) is 5.64. The van der Waals surface area contributed by atoms with E-state index < -0.39 is 15.8 Å². The standard InChI is InChI=1S/C19H24FN5O3S/c20-14-4-3-6-17(12-14)29(27,28)25-10-2-1-5-16(25)9-11-24-13-18(22-23-24)19(26)21-15-7-8-15/h3-4,6,12-13,15-16H,1-2,5,7-11H2,(H,21,26). The molecule has 1 N–H and O–H groups in total. The van der Waals surface area contributed by atoms with Crippen LogP contribution in [-0.4, -0.2) is 52.3 Å². The van der Waals surface area contributed by atoms with Crippen molar-refractivity contribution >= 4 is 15.9 Å². The van der Waals surface area contributed by atoms with Crippen LogP contribution >= 0.6 is 0 Å². The molecule has 1 aromatic carbocycles. The number of nitrogens with one attached hydrogen (secondary N) is 1. The van der Waals surface area contributed by atoms with Crippen LogP contribution in [0.15, 0.2) is 35.4 Å². The second-order valence-electron chi connectivity index (χ2n) is 7.63. The summed E-state index contributed by atoms with van der Waals surface area (Å²) >= 11 is 0. The largest absolute Gasteiger partial charge is 0.348 e. The van der Waals surface area contributed by atoms with Crippen LogP contribution in [0.1, 0.15) is 49.0 Å². The van der Waals surface area contributed by atoms with Crippen LogP contribution in [0, 0.1) is 5.82 Å². The van der Waals surface area contributed by atoms with Gasteiger partial charge in [-0.3, -0.25) is 9.48 Å². The first-order chi connectivity index (χ1) is 13.9. The van der Waals surface area contributed by atoms with Crippen LogP contribution in [0.2, 0.25) is 0 Å². The second kappa shape index (κ2) is 8.19. The minimum absolute atomic E-state index is 0.0239. The molecule has 1 atom stereocenters. The summed E-state index contributed by atoms with van der Waals surface area (Å²) in [6, 6.07) is 5.16. The van der Waals surface area contributed by atoms with Crippen LogP contribution in [0.3, 0.4) is 0 Å². The predicted octanol–water partition coefficient (Wildman–Crippen LogP) is 1.94. The molecule has 2 fully saturated rings. The molecule has 2 heterocycles. The Morgan fingerprint density at radius 1 is 1.24 bits per heavy atom. The predicted molar refractivity (Wildman–Crippen MR) is 103 cm³/mol. The highest BCUT2D eigenvalue weighted by atomic mass is 32.2. The molecule has 1 amide bonds. The third-order valence-electron chi connectivity index (χ3n) is 5.35. The van der Waals surface area contributed by atoms with Crippen molar-refractivity contribution in [3.8, 4) is 0 Å². The number of carbonyl (C=O) groups is 1. The zero-order valence-electron chi connectivity index (χ0n) is 16.0. The lowest BCUT2D eigenvalue weighted by Crippen LogP contribution is -2.44. The van der Waals surface area contributed by atoms with E-state index in [0.717, 1.165) is 38.2 Å². The van der Waals surface area contributed by atoms with Gasteiger partial charge in [-0.25, -0.2) is 12.8 Å². The molecule has 8 nitrogen and oxygen atoms in total. The van der Waals surface area contributed by atoms with Gasteiger partial charge in [0.05, 0.1) is 11.1 Å². The molecule has 10 heteroatoms. The van der Waals surface area contributed by atoms with Gasteiger partial charge in [0.25, 0.3) is 5.91 Å². The molecule has 156 valence electrons. The summed E-state index contributed by atoms with van der Waals surface area (Å²) in [5, 5.41) is 10.8. The molecule has 0 radical (unpaired) electrons. The van der Waals surface area contributed by atoms with Gasteiger partial charge in [0.15, 0.2) is 5.69 Å². The molecular formula is C19H24FN5O3S. The number of carbonyl (C=O) groups excluding carboxylic acids is 1. The summed E-state index contributed by atoms with van der Waals surface area (Å²) in [7, 11) is -3.77. The molecule has 2 aromatic rings. The lowest BCUT2D eigenvalue weighted by molar-refractivity contribution is 0.0946. The van der Waals surface area contributed by atoms with Crippen molar-refractivity contribution in [1.29, 1.82) is 0 Å². The van der Waals surface area contributed by atoms with Gasteiger partial charge in [-0.15, -0.1) is 5.10 Å². The molecule has 1 unspecified atom stereocenters. The van der Waals surface area contributed by atoms with Gasteiger partial charge in [0.1, 0.15) is 5.82 Å². The Morgan fingerprint density at radius 2 is 2.07 bits per heavy atom. The van der Waals surface area contributed by atoms with Crippen molar-refractivity contribution in [3.05, 3.63) is 42.0 Å². The van der Waals surface area contributed by atoms with Crippen LogP contribution in [0.25, 0.3) is 0 Å². The van der Waals surface area contributed by atoms with Crippen molar-refractivity contribution in [2.75, 3.05) is 6.54 Å². The maximum absolute atomic E-state index is 13.5. The number of aryl methyl sites for hydroxylation is 1. The molecule has 2 aliphatic rings. The minimum atomic E-state index is -3.77. The second-order valence-corrected chi connectivity index (χ2v) is 9.52.